The molecule has 1 aromatic carbocycles. The minimum Gasteiger partial charge on any atom is -0.329 e. The molecule has 0 aliphatic heterocycles. The highest BCUT2D eigenvalue weighted by Gasteiger charge is 2.15. The van der Waals surface area contributed by atoms with Crippen molar-refractivity contribution in [2.75, 3.05) is 11.0 Å². The summed E-state index contributed by atoms with van der Waals surface area (Å²) in [5.41, 5.74) is 3.36. The van der Waals surface area contributed by atoms with Crippen molar-refractivity contribution in [2.24, 2.45) is 0 Å². The average molecular weight is 337 g/mol. The van der Waals surface area contributed by atoms with Gasteiger partial charge in [-0.1, -0.05) is 24.1 Å². The first kappa shape index (κ1) is 15.9. The Morgan fingerprint density at radius 1 is 1.25 bits per heavy atom. The summed E-state index contributed by atoms with van der Waals surface area (Å²) in [5.74, 6) is 0.523. The minimum atomic E-state index is -0.171. The van der Waals surface area contributed by atoms with Gasteiger partial charge in [-0.2, -0.15) is 5.26 Å². The van der Waals surface area contributed by atoms with Gasteiger partial charge >= 0.3 is 0 Å². The van der Waals surface area contributed by atoms with Crippen molar-refractivity contribution in [3.63, 3.8) is 0 Å². The molecule has 2 N–H and O–H groups in total. The number of benzene rings is 1. The zero-order valence-corrected chi connectivity index (χ0v) is 14.0. The largest absolute Gasteiger partial charge is 0.329 e. The van der Waals surface area contributed by atoms with Crippen LogP contribution in [0.15, 0.2) is 47.4 Å². The zero-order valence-electron chi connectivity index (χ0n) is 13.2. The topological polar surface area (TPSA) is 86.5 Å². The van der Waals surface area contributed by atoms with Gasteiger partial charge in [-0.3, -0.25) is 9.89 Å². The van der Waals surface area contributed by atoms with E-state index in [-0.39, 0.29) is 5.56 Å². The lowest BCUT2D eigenvalue weighted by Gasteiger charge is -2.03. The molecule has 0 fully saturated rings. The first-order valence-corrected chi connectivity index (χ1v) is 8.44. The average Bonchev–Trinajstić information content (AvgIpc) is 2.90. The van der Waals surface area contributed by atoms with E-state index in [1.54, 1.807) is 36.5 Å². The van der Waals surface area contributed by atoms with Crippen LogP contribution >= 0.6 is 11.9 Å². The van der Waals surface area contributed by atoms with Gasteiger partial charge in [-0.25, -0.2) is 9.67 Å². The summed E-state index contributed by atoms with van der Waals surface area (Å²) in [6.07, 6.45) is 3.60. The Hall–Kier alpha value is -2.98. The third-order valence-electron chi connectivity index (χ3n) is 3.57. The fourth-order valence-corrected chi connectivity index (χ4v) is 2.81. The number of nitrogens with zero attached hydrogens (tertiary/aromatic N) is 3. The van der Waals surface area contributed by atoms with E-state index >= 15 is 0 Å². The maximum absolute atomic E-state index is 12.8. The minimum absolute atomic E-state index is 0.171. The Labute approximate surface area is 143 Å². The van der Waals surface area contributed by atoms with Gasteiger partial charge in [-0.15, -0.1) is 0 Å². The van der Waals surface area contributed by atoms with Gasteiger partial charge in [0.2, 0.25) is 0 Å². The number of H-pyrrole nitrogens is 1. The van der Waals surface area contributed by atoms with Crippen LogP contribution < -0.4 is 10.3 Å². The Bertz CT molecular complexity index is 949. The summed E-state index contributed by atoms with van der Waals surface area (Å²) < 4.78 is 4.51. The van der Waals surface area contributed by atoms with Crippen LogP contribution in [0.1, 0.15) is 11.3 Å². The molecule has 0 aliphatic rings. The van der Waals surface area contributed by atoms with Crippen LogP contribution in [0.5, 0.6) is 0 Å². The molecule has 0 amide bonds. The van der Waals surface area contributed by atoms with E-state index in [2.05, 4.69) is 20.9 Å². The SMILES string of the molecule is CSNc1ccc(-n2[nH]c(C)c(-c3ccc(C#N)cc3)c2=O)nc1. The zero-order chi connectivity index (χ0) is 17.1. The number of anilines is 1. The molecule has 24 heavy (non-hydrogen) atoms. The standard InChI is InChI=1S/C17H15N5OS/c1-11-16(13-5-3-12(9-18)4-6-13)17(23)22(20-11)15-8-7-14(10-19-15)21-24-2/h3-8,10,20-21H,1-2H3. The molecule has 0 bridgehead atoms. The Morgan fingerprint density at radius 2 is 2.00 bits per heavy atom. The van der Waals surface area contributed by atoms with Crippen molar-refractivity contribution in [3.8, 4) is 23.0 Å². The maximum Gasteiger partial charge on any atom is 0.280 e. The molecule has 0 saturated carbocycles. The summed E-state index contributed by atoms with van der Waals surface area (Å²) in [6.45, 7) is 1.84. The number of hydrogen-bond acceptors (Lipinski definition) is 5. The van der Waals surface area contributed by atoms with Gasteiger partial charge in [0.05, 0.1) is 29.1 Å². The number of hydrogen-bond donors (Lipinski definition) is 2. The van der Waals surface area contributed by atoms with Crippen molar-refractivity contribution in [2.45, 2.75) is 6.92 Å². The summed E-state index contributed by atoms with van der Waals surface area (Å²) in [7, 11) is 0. The highest BCUT2D eigenvalue weighted by Crippen LogP contribution is 2.20. The van der Waals surface area contributed by atoms with Gasteiger partial charge in [0.25, 0.3) is 5.56 Å². The van der Waals surface area contributed by atoms with E-state index in [1.807, 2.05) is 19.2 Å². The van der Waals surface area contributed by atoms with Crippen molar-refractivity contribution in [1.29, 1.82) is 5.26 Å². The lowest BCUT2D eigenvalue weighted by molar-refractivity contribution is 0.808. The Balaban J connectivity index is 2.02. The second kappa shape index (κ2) is 6.64. The molecular weight excluding hydrogens is 322 g/mol. The molecular formula is C17H15N5OS. The molecule has 7 heteroatoms. The van der Waals surface area contributed by atoms with Crippen LogP contribution in [0.25, 0.3) is 16.9 Å². The molecule has 0 unspecified atom stereocenters. The van der Waals surface area contributed by atoms with Gasteiger partial charge in [0, 0.05) is 11.9 Å². The molecule has 0 aliphatic carbocycles. The fourth-order valence-electron chi connectivity index (χ4n) is 2.46. The summed E-state index contributed by atoms with van der Waals surface area (Å²) in [4.78, 5) is 17.1. The molecule has 120 valence electrons. The van der Waals surface area contributed by atoms with E-state index in [0.29, 0.717) is 16.9 Å². The number of aromatic nitrogens is 3. The van der Waals surface area contributed by atoms with Crippen LogP contribution in [0.4, 0.5) is 5.69 Å². The number of nitrogens with one attached hydrogen (secondary N) is 2. The number of pyridine rings is 1. The second-order valence-electron chi connectivity index (χ2n) is 5.15. The van der Waals surface area contributed by atoms with Crippen LogP contribution in [0.2, 0.25) is 0 Å². The normalized spacial score (nSPS) is 10.4. The smallest absolute Gasteiger partial charge is 0.280 e. The first-order valence-electron chi connectivity index (χ1n) is 7.21. The van der Waals surface area contributed by atoms with Crippen molar-refractivity contribution >= 4 is 17.6 Å². The Morgan fingerprint density at radius 3 is 2.58 bits per heavy atom. The quantitative estimate of drug-likeness (QED) is 0.714. The van der Waals surface area contributed by atoms with Gasteiger partial charge in [-0.05, 0) is 36.8 Å². The van der Waals surface area contributed by atoms with Crippen LogP contribution in [0, 0.1) is 18.3 Å². The molecule has 0 atom stereocenters. The van der Waals surface area contributed by atoms with E-state index in [4.69, 9.17) is 5.26 Å². The molecule has 0 spiro atoms. The molecule has 2 heterocycles. The predicted octanol–water partition coefficient (Wildman–Crippen LogP) is 3.10. The van der Waals surface area contributed by atoms with E-state index in [9.17, 15) is 4.79 Å². The third-order valence-corrected chi connectivity index (χ3v) is 4.01. The predicted molar refractivity (Wildman–Crippen MR) is 96.2 cm³/mol. The summed E-state index contributed by atoms with van der Waals surface area (Å²) >= 11 is 1.48. The van der Waals surface area contributed by atoms with Crippen LogP contribution in [-0.4, -0.2) is 21.0 Å². The lowest BCUT2D eigenvalue weighted by atomic mass is 10.1. The Kier molecular flexibility index (Phi) is 4.40. The summed E-state index contributed by atoms with van der Waals surface area (Å²) in [6, 6.07) is 12.7. The second-order valence-corrected chi connectivity index (χ2v) is 5.77. The van der Waals surface area contributed by atoms with Crippen molar-refractivity contribution in [3.05, 3.63) is 64.2 Å². The van der Waals surface area contributed by atoms with Crippen LogP contribution in [-0.2, 0) is 0 Å². The number of rotatable bonds is 4. The summed E-state index contributed by atoms with van der Waals surface area (Å²) in [5, 5.41) is 11.9. The highest BCUT2D eigenvalue weighted by molar-refractivity contribution is 7.99. The lowest BCUT2D eigenvalue weighted by Crippen LogP contribution is -2.16. The van der Waals surface area contributed by atoms with E-state index in [1.165, 1.54) is 16.6 Å². The van der Waals surface area contributed by atoms with Crippen molar-refractivity contribution in [1.82, 2.24) is 14.8 Å². The maximum atomic E-state index is 12.8. The fraction of sp³-hybridized carbons (Fsp3) is 0.118. The molecule has 3 rings (SSSR count). The monoisotopic (exact) mass is 337 g/mol. The number of nitriles is 1. The van der Waals surface area contributed by atoms with Gasteiger partial charge in [0.1, 0.15) is 0 Å². The first-order chi connectivity index (χ1) is 11.6. The van der Waals surface area contributed by atoms with Gasteiger partial charge in [0.15, 0.2) is 5.82 Å². The number of aromatic amines is 1. The van der Waals surface area contributed by atoms with Gasteiger partial charge < -0.3 is 4.72 Å². The third kappa shape index (κ3) is 2.92. The van der Waals surface area contributed by atoms with Crippen molar-refractivity contribution < 1.29 is 0 Å². The molecule has 0 saturated heterocycles. The molecule has 6 nitrogen and oxygen atoms in total. The highest BCUT2D eigenvalue weighted by atomic mass is 32.2. The van der Waals surface area contributed by atoms with E-state index < -0.39 is 0 Å². The number of aryl methyl sites for hydroxylation is 1. The molecule has 0 radical (unpaired) electrons. The van der Waals surface area contributed by atoms with E-state index in [0.717, 1.165) is 16.9 Å². The molecule has 3 aromatic rings. The molecule has 2 aromatic heterocycles. The van der Waals surface area contributed by atoms with Crippen LogP contribution in [0.3, 0.4) is 0 Å².